The van der Waals surface area contributed by atoms with E-state index in [9.17, 15) is 18.0 Å². The summed E-state index contributed by atoms with van der Waals surface area (Å²) in [4.78, 5) is 30.1. The molecule has 0 saturated heterocycles. The van der Waals surface area contributed by atoms with Crippen molar-refractivity contribution >= 4 is 55.9 Å². The van der Waals surface area contributed by atoms with Crippen LogP contribution in [-0.4, -0.2) is 29.1 Å². The van der Waals surface area contributed by atoms with Crippen LogP contribution in [0.2, 0.25) is 5.02 Å². The summed E-state index contributed by atoms with van der Waals surface area (Å²) < 4.78 is 24.3. The van der Waals surface area contributed by atoms with Gasteiger partial charge in [0.05, 0.1) is 21.0 Å². The molecule has 0 unspecified atom stereocenters. The third-order valence-electron chi connectivity index (χ3n) is 4.43. The van der Waals surface area contributed by atoms with Crippen LogP contribution >= 0.6 is 23.4 Å². The third-order valence-corrected chi connectivity index (χ3v) is 6.69. The minimum Gasteiger partial charge on any atom is -0.325 e. The summed E-state index contributed by atoms with van der Waals surface area (Å²) in [5.74, 6) is -0.322. The molecular weight excluding hydrogens is 460 g/mol. The SMILES string of the molecule is CCCn1c(S[C@@H](C)C(=O)Nc2ccc(S(N)(=O)=O)cc2)nc2cc(Cl)ccc2c1=O. The summed E-state index contributed by atoms with van der Waals surface area (Å²) in [6.07, 6.45) is 0.727. The molecule has 11 heteroatoms. The van der Waals surface area contributed by atoms with Crippen LogP contribution in [-0.2, 0) is 21.4 Å². The molecule has 0 aliphatic rings. The topological polar surface area (TPSA) is 124 Å². The van der Waals surface area contributed by atoms with Crippen molar-refractivity contribution in [2.45, 2.75) is 42.1 Å². The number of benzene rings is 2. The zero-order valence-electron chi connectivity index (χ0n) is 16.8. The number of aromatic nitrogens is 2. The van der Waals surface area contributed by atoms with Crippen molar-refractivity contribution in [2.75, 3.05) is 5.32 Å². The van der Waals surface area contributed by atoms with Gasteiger partial charge in [0.25, 0.3) is 5.56 Å². The van der Waals surface area contributed by atoms with E-state index in [0.29, 0.717) is 33.3 Å². The van der Waals surface area contributed by atoms with E-state index in [0.717, 1.165) is 18.2 Å². The number of primary sulfonamides is 1. The van der Waals surface area contributed by atoms with Gasteiger partial charge < -0.3 is 5.32 Å². The molecule has 2 aromatic carbocycles. The number of hydrogen-bond donors (Lipinski definition) is 2. The monoisotopic (exact) mass is 480 g/mol. The highest BCUT2D eigenvalue weighted by molar-refractivity contribution is 8.00. The number of sulfonamides is 1. The first kappa shape index (κ1) is 23.3. The Morgan fingerprint density at radius 3 is 2.55 bits per heavy atom. The first-order valence-electron chi connectivity index (χ1n) is 9.40. The van der Waals surface area contributed by atoms with Gasteiger partial charge >= 0.3 is 0 Å². The molecule has 164 valence electrons. The van der Waals surface area contributed by atoms with Crippen LogP contribution in [0, 0.1) is 0 Å². The molecule has 0 bridgehead atoms. The molecule has 3 rings (SSSR count). The first-order chi connectivity index (χ1) is 14.6. The molecule has 0 saturated carbocycles. The number of hydrogen-bond acceptors (Lipinski definition) is 6. The Bertz CT molecular complexity index is 1290. The number of nitrogens with one attached hydrogen (secondary N) is 1. The van der Waals surface area contributed by atoms with Crippen molar-refractivity contribution in [3.8, 4) is 0 Å². The molecule has 3 aromatic rings. The number of thioether (sulfide) groups is 1. The highest BCUT2D eigenvalue weighted by Crippen LogP contribution is 2.25. The fourth-order valence-electron chi connectivity index (χ4n) is 2.87. The van der Waals surface area contributed by atoms with Gasteiger partial charge in [0, 0.05) is 17.3 Å². The van der Waals surface area contributed by atoms with E-state index in [4.69, 9.17) is 16.7 Å². The maximum atomic E-state index is 12.9. The largest absolute Gasteiger partial charge is 0.325 e. The number of fused-ring (bicyclic) bond motifs is 1. The smallest absolute Gasteiger partial charge is 0.262 e. The van der Waals surface area contributed by atoms with Crippen LogP contribution in [0.4, 0.5) is 5.69 Å². The number of halogens is 1. The van der Waals surface area contributed by atoms with Crippen LogP contribution in [0.5, 0.6) is 0 Å². The van der Waals surface area contributed by atoms with Gasteiger partial charge in [-0.25, -0.2) is 18.5 Å². The average Bonchev–Trinajstić information content (AvgIpc) is 2.70. The summed E-state index contributed by atoms with van der Waals surface area (Å²) in [6, 6.07) is 10.5. The lowest BCUT2D eigenvalue weighted by molar-refractivity contribution is -0.115. The minimum atomic E-state index is -3.81. The van der Waals surface area contributed by atoms with Gasteiger partial charge in [-0.1, -0.05) is 30.3 Å². The Hall–Kier alpha value is -2.40. The van der Waals surface area contributed by atoms with E-state index in [1.165, 1.54) is 24.3 Å². The van der Waals surface area contributed by atoms with Gasteiger partial charge in [-0.2, -0.15) is 0 Å². The molecule has 0 aliphatic heterocycles. The highest BCUT2D eigenvalue weighted by Gasteiger charge is 2.20. The molecule has 1 amide bonds. The molecule has 31 heavy (non-hydrogen) atoms. The Kier molecular flexibility index (Phi) is 7.05. The number of carbonyl (C=O) groups is 1. The summed E-state index contributed by atoms with van der Waals surface area (Å²) in [7, 11) is -3.81. The van der Waals surface area contributed by atoms with Crippen molar-refractivity contribution in [3.05, 3.63) is 57.8 Å². The average molecular weight is 481 g/mol. The third kappa shape index (κ3) is 5.45. The Labute approximate surface area is 188 Å². The second-order valence-corrected chi connectivity index (χ2v) is 10.1. The van der Waals surface area contributed by atoms with E-state index in [1.54, 1.807) is 29.7 Å². The number of amides is 1. The van der Waals surface area contributed by atoms with E-state index >= 15 is 0 Å². The molecule has 1 atom stereocenters. The van der Waals surface area contributed by atoms with E-state index in [-0.39, 0.29) is 16.4 Å². The van der Waals surface area contributed by atoms with Crippen molar-refractivity contribution in [1.82, 2.24) is 9.55 Å². The quantitative estimate of drug-likeness (QED) is 0.395. The number of rotatable bonds is 7. The standard InChI is InChI=1S/C20H21ClN4O4S2/c1-3-10-25-19(27)16-9-4-13(21)11-17(16)24-20(25)30-12(2)18(26)23-14-5-7-15(8-6-14)31(22,28)29/h4-9,11-12H,3,10H2,1-2H3,(H,23,26)(H2,22,28,29)/t12-/m0/s1. The van der Waals surface area contributed by atoms with Crippen LogP contribution in [0.1, 0.15) is 20.3 Å². The van der Waals surface area contributed by atoms with E-state index < -0.39 is 15.3 Å². The van der Waals surface area contributed by atoms with Crippen LogP contribution in [0.25, 0.3) is 10.9 Å². The Balaban J connectivity index is 1.84. The van der Waals surface area contributed by atoms with Gasteiger partial charge in [0.15, 0.2) is 5.16 Å². The maximum Gasteiger partial charge on any atom is 0.262 e. The van der Waals surface area contributed by atoms with Gasteiger partial charge in [0.1, 0.15) is 0 Å². The van der Waals surface area contributed by atoms with Crippen LogP contribution < -0.4 is 16.0 Å². The van der Waals surface area contributed by atoms with Gasteiger partial charge in [0.2, 0.25) is 15.9 Å². The van der Waals surface area contributed by atoms with Gasteiger partial charge in [-0.15, -0.1) is 0 Å². The maximum absolute atomic E-state index is 12.9. The Morgan fingerprint density at radius 1 is 1.26 bits per heavy atom. The fraction of sp³-hybridized carbons (Fsp3) is 0.250. The van der Waals surface area contributed by atoms with Crippen molar-refractivity contribution in [1.29, 1.82) is 0 Å². The lowest BCUT2D eigenvalue weighted by Gasteiger charge is -2.16. The highest BCUT2D eigenvalue weighted by atomic mass is 35.5. The summed E-state index contributed by atoms with van der Waals surface area (Å²) in [6.45, 7) is 4.12. The fourth-order valence-corrected chi connectivity index (χ4v) is 4.48. The predicted octanol–water partition coefficient (Wildman–Crippen LogP) is 3.23. The normalized spacial score (nSPS) is 12.6. The molecule has 8 nitrogen and oxygen atoms in total. The minimum absolute atomic E-state index is 0.0458. The summed E-state index contributed by atoms with van der Waals surface area (Å²) in [5, 5.41) is 8.58. The number of anilines is 1. The molecule has 1 heterocycles. The summed E-state index contributed by atoms with van der Waals surface area (Å²) >= 11 is 7.21. The first-order valence-corrected chi connectivity index (χ1v) is 12.2. The Morgan fingerprint density at radius 2 is 1.94 bits per heavy atom. The van der Waals surface area contributed by atoms with Crippen molar-refractivity contribution < 1.29 is 13.2 Å². The van der Waals surface area contributed by atoms with E-state index in [1.807, 2.05) is 6.92 Å². The van der Waals surface area contributed by atoms with Gasteiger partial charge in [-0.05, 0) is 55.8 Å². The van der Waals surface area contributed by atoms with Crippen LogP contribution in [0.3, 0.4) is 0 Å². The second-order valence-electron chi connectivity index (χ2n) is 6.83. The number of nitrogens with zero attached hydrogens (tertiary/aromatic N) is 2. The number of nitrogens with two attached hydrogens (primary N) is 1. The van der Waals surface area contributed by atoms with Crippen LogP contribution in [0.15, 0.2) is 57.3 Å². The molecule has 0 fully saturated rings. The molecule has 1 aromatic heterocycles. The molecule has 0 radical (unpaired) electrons. The lowest BCUT2D eigenvalue weighted by Crippen LogP contribution is -2.27. The lowest BCUT2D eigenvalue weighted by atomic mass is 10.2. The second kappa shape index (κ2) is 9.39. The molecule has 3 N–H and O–H groups in total. The summed E-state index contributed by atoms with van der Waals surface area (Å²) in [5.41, 5.74) is 0.713. The number of carbonyl (C=O) groups excluding carboxylic acids is 1. The molecular formula is C20H21ClN4O4S2. The molecule has 0 spiro atoms. The predicted molar refractivity (Wildman–Crippen MR) is 123 cm³/mol. The van der Waals surface area contributed by atoms with E-state index in [2.05, 4.69) is 10.3 Å². The zero-order valence-corrected chi connectivity index (χ0v) is 19.2. The van der Waals surface area contributed by atoms with Gasteiger partial charge in [-0.3, -0.25) is 14.2 Å². The zero-order chi connectivity index (χ0) is 22.8. The molecule has 0 aliphatic carbocycles. The van der Waals surface area contributed by atoms with Crippen molar-refractivity contribution in [2.24, 2.45) is 5.14 Å². The van der Waals surface area contributed by atoms with Crippen molar-refractivity contribution in [3.63, 3.8) is 0 Å².